The highest BCUT2D eigenvalue weighted by molar-refractivity contribution is 5.98. The van der Waals surface area contributed by atoms with Crippen molar-refractivity contribution in [2.24, 2.45) is 0 Å². The van der Waals surface area contributed by atoms with E-state index in [2.05, 4.69) is 17.4 Å². The first-order chi connectivity index (χ1) is 12.6. The lowest BCUT2D eigenvalue weighted by atomic mass is 10.1. The number of rotatable bonds is 5. The maximum atomic E-state index is 10.6. The average molecular weight is 373 g/mol. The van der Waals surface area contributed by atoms with E-state index in [9.17, 15) is 19.2 Å². The highest BCUT2D eigenvalue weighted by atomic mass is 16.4. The number of carbonyl (C=O) groups excluding carboxylic acids is 1. The van der Waals surface area contributed by atoms with Gasteiger partial charge in [-0.2, -0.15) is 0 Å². The summed E-state index contributed by atoms with van der Waals surface area (Å²) in [6.07, 6.45) is 0.713. The van der Waals surface area contributed by atoms with Gasteiger partial charge in [0, 0.05) is 5.69 Å². The fourth-order valence-electron chi connectivity index (χ4n) is 2.46. The van der Waals surface area contributed by atoms with Gasteiger partial charge in [0.25, 0.3) is 0 Å². The van der Waals surface area contributed by atoms with E-state index in [1.54, 1.807) is 0 Å². The molecule has 0 atom stereocenters. The maximum Gasteiger partial charge on any atom is 0.335 e. The van der Waals surface area contributed by atoms with Crippen LogP contribution in [0.4, 0.5) is 5.69 Å². The summed E-state index contributed by atoms with van der Waals surface area (Å²) in [5, 5.41) is 28.5. The second-order valence-electron chi connectivity index (χ2n) is 5.75. The first kappa shape index (κ1) is 21.4. The van der Waals surface area contributed by atoms with Gasteiger partial charge < -0.3 is 20.6 Å². The van der Waals surface area contributed by atoms with Crippen molar-refractivity contribution < 1.29 is 34.5 Å². The monoisotopic (exact) mass is 373 g/mol. The molecule has 1 amide bonds. The molecule has 2 rings (SSSR count). The smallest absolute Gasteiger partial charge is 0.335 e. The van der Waals surface area contributed by atoms with Gasteiger partial charge in [-0.25, -0.2) is 14.4 Å². The topological polar surface area (TPSA) is 141 Å². The number of carboxylic acid groups (broad SMARTS) is 3. The molecule has 2 aromatic carbocycles. The van der Waals surface area contributed by atoms with E-state index < -0.39 is 17.9 Å². The highest BCUT2D eigenvalue weighted by Gasteiger charge is 2.14. The molecule has 0 bridgehead atoms. The van der Waals surface area contributed by atoms with Crippen LogP contribution in [0.1, 0.15) is 47.8 Å². The maximum absolute atomic E-state index is 10.6. The Balaban J connectivity index is 0.000000277. The molecule has 8 heteroatoms. The van der Waals surface area contributed by atoms with E-state index in [4.69, 9.17) is 15.3 Å². The lowest BCUT2D eigenvalue weighted by Crippen LogP contribution is -2.07. The fourth-order valence-corrected chi connectivity index (χ4v) is 2.46. The zero-order valence-corrected chi connectivity index (χ0v) is 14.9. The molecular formula is C19H19NO7. The lowest BCUT2D eigenvalue weighted by molar-refractivity contribution is -0.105. The molecule has 8 nitrogen and oxygen atoms in total. The minimum absolute atomic E-state index is 0.368. The summed E-state index contributed by atoms with van der Waals surface area (Å²) >= 11 is 0. The number of anilines is 1. The minimum atomic E-state index is -1.37. The number of aryl methyl sites for hydroxylation is 3. The van der Waals surface area contributed by atoms with Gasteiger partial charge in [-0.05, 0) is 50.1 Å². The van der Waals surface area contributed by atoms with Gasteiger partial charge in [-0.1, -0.05) is 17.7 Å². The Morgan fingerprint density at radius 2 is 1.07 bits per heavy atom. The molecule has 0 aliphatic heterocycles. The van der Waals surface area contributed by atoms with Gasteiger partial charge in [-0.3, -0.25) is 4.79 Å². The Kier molecular flexibility index (Phi) is 7.23. The molecule has 142 valence electrons. The average Bonchev–Trinajstić information content (AvgIpc) is 2.58. The van der Waals surface area contributed by atoms with Gasteiger partial charge in [-0.15, -0.1) is 0 Å². The second-order valence-corrected chi connectivity index (χ2v) is 5.75. The quantitative estimate of drug-likeness (QED) is 0.590. The van der Waals surface area contributed by atoms with Gasteiger partial charge >= 0.3 is 17.9 Å². The Morgan fingerprint density at radius 3 is 1.33 bits per heavy atom. The van der Waals surface area contributed by atoms with Crippen LogP contribution in [0.25, 0.3) is 0 Å². The van der Waals surface area contributed by atoms with Crippen LogP contribution in [0, 0.1) is 20.8 Å². The van der Waals surface area contributed by atoms with Gasteiger partial charge in [0.2, 0.25) is 6.41 Å². The van der Waals surface area contributed by atoms with Crippen LogP contribution in [0.5, 0.6) is 0 Å². The number of benzene rings is 2. The van der Waals surface area contributed by atoms with Crippen LogP contribution in [-0.2, 0) is 4.79 Å². The van der Waals surface area contributed by atoms with E-state index in [0.717, 1.165) is 35.0 Å². The molecule has 0 unspecified atom stereocenters. The van der Waals surface area contributed by atoms with Crippen molar-refractivity contribution in [1.82, 2.24) is 0 Å². The van der Waals surface area contributed by atoms with Crippen LogP contribution in [-0.4, -0.2) is 39.6 Å². The first-order valence-electron chi connectivity index (χ1n) is 7.69. The number of hydrogen-bond acceptors (Lipinski definition) is 4. The summed E-state index contributed by atoms with van der Waals surface area (Å²) in [6.45, 7) is 6.03. The molecule has 4 N–H and O–H groups in total. The predicted octanol–water partition coefficient (Wildman–Crippen LogP) is 2.96. The molecule has 0 saturated carbocycles. The number of nitrogens with one attached hydrogen (secondary N) is 1. The van der Waals surface area contributed by atoms with Crippen molar-refractivity contribution in [2.45, 2.75) is 20.8 Å². The molecule has 0 fully saturated rings. The molecule has 2 aromatic rings. The number of aromatic carboxylic acids is 3. The SMILES string of the molecule is Cc1cc(C)c(NC=O)c(C)c1.O=C(O)c1cc(C(=O)O)cc(C(=O)O)c1. The largest absolute Gasteiger partial charge is 0.478 e. The Labute approximate surface area is 155 Å². The summed E-state index contributed by atoms with van der Waals surface area (Å²) in [7, 11) is 0. The van der Waals surface area contributed by atoms with Gasteiger partial charge in [0.15, 0.2) is 0 Å². The summed E-state index contributed by atoms with van der Waals surface area (Å²) in [5.41, 5.74) is 3.27. The normalized spacial score (nSPS) is 9.59. The first-order valence-corrected chi connectivity index (χ1v) is 7.69. The van der Waals surface area contributed by atoms with E-state index in [0.29, 0.717) is 6.41 Å². The van der Waals surface area contributed by atoms with Gasteiger partial charge in [0.1, 0.15) is 0 Å². The molecule has 0 radical (unpaired) electrons. The number of carboxylic acids is 3. The summed E-state index contributed by atoms with van der Waals surface area (Å²) in [5.74, 6) is -4.12. The Morgan fingerprint density at radius 1 is 0.741 bits per heavy atom. The number of hydrogen-bond donors (Lipinski definition) is 4. The fraction of sp³-hybridized carbons (Fsp3) is 0.158. The van der Waals surface area contributed by atoms with Crippen molar-refractivity contribution >= 4 is 30.0 Å². The third-order valence-corrected chi connectivity index (χ3v) is 3.55. The number of amides is 1. The molecule has 0 aliphatic carbocycles. The highest BCUT2D eigenvalue weighted by Crippen LogP contribution is 2.20. The van der Waals surface area contributed by atoms with Crippen LogP contribution in [0.3, 0.4) is 0 Å². The van der Waals surface area contributed by atoms with Crippen LogP contribution >= 0.6 is 0 Å². The van der Waals surface area contributed by atoms with E-state index in [-0.39, 0.29) is 16.7 Å². The number of carbonyl (C=O) groups is 4. The minimum Gasteiger partial charge on any atom is -0.478 e. The summed E-state index contributed by atoms with van der Waals surface area (Å²) < 4.78 is 0. The third-order valence-electron chi connectivity index (χ3n) is 3.55. The van der Waals surface area contributed by atoms with Crippen molar-refractivity contribution in [3.63, 3.8) is 0 Å². The summed E-state index contributed by atoms with van der Waals surface area (Å²) in [4.78, 5) is 41.9. The lowest BCUT2D eigenvalue weighted by Gasteiger charge is -2.08. The van der Waals surface area contributed by atoms with Crippen LogP contribution in [0.15, 0.2) is 30.3 Å². The third kappa shape index (κ3) is 5.96. The molecule has 0 aromatic heterocycles. The van der Waals surface area contributed by atoms with Crippen LogP contribution < -0.4 is 5.32 Å². The second kappa shape index (κ2) is 9.14. The van der Waals surface area contributed by atoms with E-state index in [1.807, 2.05) is 20.8 Å². The molecule has 27 heavy (non-hydrogen) atoms. The van der Waals surface area contributed by atoms with Crippen molar-refractivity contribution in [1.29, 1.82) is 0 Å². The van der Waals surface area contributed by atoms with Crippen molar-refractivity contribution in [3.05, 3.63) is 63.7 Å². The van der Waals surface area contributed by atoms with Crippen molar-refractivity contribution in [3.8, 4) is 0 Å². The molecule has 0 aliphatic rings. The van der Waals surface area contributed by atoms with E-state index >= 15 is 0 Å². The zero-order valence-electron chi connectivity index (χ0n) is 14.9. The molecule has 0 spiro atoms. The standard InChI is InChI=1S/C10H13NO.C9H6O6/c1-7-4-8(2)10(11-6-12)9(3)5-7;10-7(11)4-1-5(8(12)13)3-6(2-4)9(14)15/h4-6H,1-3H3,(H,11,12);1-3H,(H,10,11)(H,12,13)(H,14,15). The Hall–Kier alpha value is -3.68. The Bertz CT molecular complexity index is 801. The summed E-state index contributed by atoms with van der Waals surface area (Å²) in [6, 6.07) is 6.81. The molecular weight excluding hydrogens is 354 g/mol. The van der Waals surface area contributed by atoms with Crippen molar-refractivity contribution in [2.75, 3.05) is 5.32 Å². The molecule has 0 heterocycles. The van der Waals surface area contributed by atoms with Gasteiger partial charge in [0.05, 0.1) is 16.7 Å². The predicted molar refractivity (Wildman–Crippen MR) is 97.7 cm³/mol. The zero-order chi connectivity index (χ0) is 20.7. The van der Waals surface area contributed by atoms with Crippen LogP contribution in [0.2, 0.25) is 0 Å². The van der Waals surface area contributed by atoms with E-state index in [1.165, 1.54) is 5.56 Å². The molecule has 0 saturated heterocycles.